The van der Waals surface area contributed by atoms with Gasteiger partial charge in [0.2, 0.25) is 5.91 Å². The number of esters is 1. The molecule has 2 atom stereocenters. The molecule has 2 unspecified atom stereocenters. The van der Waals surface area contributed by atoms with Crippen LogP contribution in [0.4, 0.5) is 9.93 Å². The minimum absolute atomic E-state index is 0.100. The fourth-order valence-corrected chi connectivity index (χ4v) is 6.35. The number of urea groups is 1. The van der Waals surface area contributed by atoms with Gasteiger partial charge in [0, 0.05) is 5.56 Å². The maximum Gasteiger partial charge on any atom is 0.350 e. The van der Waals surface area contributed by atoms with Gasteiger partial charge in [-0.05, 0) is 37.5 Å². The maximum atomic E-state index is 13.3. The lowest BCUT2D eigenvalue weighted by Crippen LogP contribution is -2.54. The van der Waals surface area contributed by atoms with Crippen molar-refractivity contribution in [3.8, 4) is 11.3 Å². The van der Waals surface area contributed by atoms with Crippen LogP contribution in [-0.4, -0.2) is 52.4 Å². The zero-order chi connectivity index (χ0) is 25.4. The molecule has 35 heavy (non-hydrogen) atoms. The van der Waals surface area contributed by atoms with Crippen molar-refractivity contribution in [2.24, 2.45) is 11.3 Å². The average molecular weight is 499 g/mol. The molecule has 1 saturated heterocycles. The molecular weight excluding hydrogens is 468 g/mol. The lowest BCUT2D eigenvalue weighted by atomic mass is 9.64. The van der Waals surface area contributed by atoms with E-state index in [4.69, 9.17) is 4.74 Å². The third-order valence-electron chi connectivity index (χ3n) is 6.31. The Balaban J connectivity index is 1.51. The van der Waals surface area contributed by atoms with Crippen LogP contribution in [0.25, 0.3) is 11.3 Å². The van der Waals surface area contributed by atoms with Crippen LogP contribution in [0.15, 0.2) is 30.3 Å². The van der Waals surface area contributed by atoms with Gasteiger partial charge in [-0.1, -0.05) is 62.4 Å². The number of nitrogens with zero attached hydrogens (tertiary/aromatic N) is 2. The Hall–Kier alpha value is -3.27. The number of hydrogen-bond donors (Lipinski definition) is 2. The Morgan fingerprint density at radius 2 is 1.94 bits per heavy atom. The highest BCUT2D eigenvalue weighted by molar-refractivity contribution is 7.18. The standard InChI is InChI=1S/C25H30N4O5S/c1-5-34-20(31)19-18(16-9-7-6-8-10-16)27-22(35-19)26-17(30)13-29-21(32)25(28-23(29)33)12-15(2)11-24(3,4)14-25/h6-10,15H,5,11-14H2,1-4H3,(H,28,33)(H,26,27,30). The van der Waals surface area contributed by atoms with Gasteiger partial charge in [0.25, 0.3) is 5.91 Å². The van der Waals surface area contributed by atoms with E-state index in [1.807, 2.05) is 30.3 Å². The number of aromatic nitrogens is 1. The van der Waals surface area contributed by atoms with Crippen molar-refractivity contribution in [3.05, 3.63) is 35.2 Å². The van der Waals surface area contributed by atoms with Crippen LogP contribution >= 0.6 is 11.3 Å². The van der Waals surface area contributed by atoms with Gasteiger partial charge in [0.15, 0.2) is 5.13 Å². The summed E-state index contributed by atoms with van der Waals surface area (Å²) in [6.45, 7) is 7.74. The monoisotopic (exact) mass is 498 g/mol. The number of benzene rings is 1. The molecule has 186 valence electrons. The van der Waals surface area contributed by atoms with Crippen molar-refractivity contribution < 1.29 is 23.9 Å². The fourth-order valence-electron chi connectivity index (χ4n) is 5.45. The van der Waals surface area contributed by atoms with Crippen LogP contribution in [0.3, 0.4) is 0 Å². The molecule has 1 aliphatic carbocycles. The topological polar surface area (TPSA) is 118 Å². The predicted molar refractivity (Wildman–Crippen MR) is 132 cm³/mol. The van der Waals surface area contributed by atoms with Crippen molar-refractivity contribution >= 4 is 40.3 Å². The minimum atomic E-state index is -0.975. The van der Waals surface area contributed by atoms with Crippen LogP contribution in [-0.2, 0) is 14.3 Å². The van der Waals surface area contributed by atoms with Gasteiger partial charge >= 0.3 is 12.0 Å². The number of rotatable bonds is 6. The summed E-state index contributed by atoms with van der Waals surface area (Å²) in [4.78, 5) is 57.0. The molecule has 4 rings (SSSR count). The predicted octanol–water partition coefficient (Wildman–Crippen LogP) is 4.06. The lowest BCUT2D eigenvalue weighted by Gasteiger charge is -2.43. The molecule has 2 heterocycles. The zero-order valence-electron chi connectivity index (χ0n) is 20.3. The van der Waals surface area contributed by atoms with Gasteiger partial charge in [-0.3, -0.25) is 14.5 Å². The van der Waals surface area contributed by atoms with Crippen molar-refractivity contribution in [3.63, 3.8) is 0 Å². The number of thiazole rings is 1. The van der Waals surface area contributed by atoms with Gasteiger partial charge in [0.05, 0.1) is 12.3 Å². The molecule has 1 saturated carbocycles. The molecule has 0 radical (unpaired) electrons. The third kappa shape index (κ3) is 5.07. The third-order valence-corrected chi connectivity index (χ3v) is 7.26. The molecule has 0 bridgehead atoms. The maximum absolute atomic E-state index is 13.3. The Kier molecular flexibility index (Phi) is 6.68. The highest BCUT2D eigenvalue weighted by atomic mass is 32.1. The normalized spacial score (nSPS) is 23.3. The molecule has 2 N–H and O–H groups in total. The van der Waals surface area contributed by atoms with Crippen LogP contribution in [0.1, 0.15) is 56.6 Å². The van der Waals surface area contributed by atoms with E-state index in [-0.39, 0.29) is 33.9 Å². The molecule has 10 heteroatoms. The first-order valence-corrected chi connectivity index (χ1v) is 12.5. The number of ether oxygens (including phenoxy) is 1. The smallest absolute Gasteiger partial charge is 0.350 e. The van der Waals surface area contributed by atoms with Crippen LogP contribution in [0.5, 0.6) is 0 Å². The first-order valence-electron chi connectivity index (χ1n) is 11.7. The van der Waals surface area contributed by atoms with Crippen LogP contribution in [0.2, 0.25) is 0 Å². The number of nitrogens with one attached hydrogen (secondary N) is 2. The van der Waals surface area contributed by atoms with Crippen molar-refractivity contribution in [1.29, 1.82) is 0 Å². The Bertz CT molecular complexity index is 1160. The van der Waals surface area contributed by atoms with Crippen LogP contribution in [0, 0.1) is 11.3 Å². The van der Waals surface area contributed by atoms with Crippen LogP contribution < -0.4 is 10.6 Å². The summed E-state index contributed by atoms with van der Waals surface area (Å²) in [7, 11) is 0. The molecule has 2 aliphatic rings. The summed E-state index contributed by atoms with van der Waals surface area (Å²) in [5, 5.41) is 5.70. The number of amides is 4. The van der Waals surface area contributed by atoms with Gasteiger partial charge in [0.1, 0.15) is 17.0 Å². The second kappa shape index (κ2) is 9.41. The average Bonchev–Trinajstić information content (AvgIpc) is 3.28. The summed E-state index contributed by atoms with van der Waals surface area (Å²) in [6, 6.07) is 8.55. The van der Waals surface area contributed by atoms with Crippen molar-refractivity contribution in [2.45, 2.75) is 52.5 Å². The number of carbonyl (C=O) groups is 4. The van der Waals surface area contributed by atoms with E-state index in [0.717, 1.165) is 22.7 Å². The minimum Gasteiger partial charge on any atom is -0.462 e. The van der Waals surface area contributed by atoms with E-state index >= 15 is 0 Å². The molecule has 4 amide bonds. The summed E-state index contributed by atoms with van der Waals surface area (Å²) in [6.07, 6.45) is 2.05. The highest BCUT2D eigenvalue weighted by Gasteiger charge is 2.56. The summed E-state index contributed by atoms with van der Waals surface area (Å²) >= 11 is 0.990. The highest BCUT2D eigenvalue weighted by Crippen LogP contribution is 2.46. The molecule has 2 fully saturated rings. The molecular formula is C25H30N4O5S. The number of anilines is 1. The van der Waals surface area contributed by atoms with Crippen molar-refractivity contribution in [2.75, 3.05) is 18.5 Å². The van der Waals surface area contributed by atoms with Gasteiger partial charge in [-0.25, -0.2) is 14.6 Å². The number of carbonyl (C=O) groups excluding carboxylic acids is 4. The first kappa shape index (κ1) is 24.8. The van der Waals surface area contributed by atoms with E-state index in [2.05, 4.69) is 36.4 Å². The second-order valence-electron chi connectivity index (χ2n) is 10.1. The Morgan fingerprint density at radius 3 is 2.60 bits per heavy atom. The largest absolute Gasteiger partial charge is 0.462 e. The number of imide groups is 1. The SMILES string of the molecule is CCOC(=O)c1sc(NC(=O)CN2C(=O)NC3(CC(C)CC(C)(C)C3)C2=O)nc1-c1ccccc1. The first-order chi connectivity index (χ1) is 16.5. The van der Waals surface area contributed by atoms with Crippen molar-refractivity contribution in [1.82, 2.24) is 15.2 Å². The second-order valence-corrected chi connectivity index (χ2v) is 11.1. The summed E-state index contributed by atoms with van der Waals surface area (Å²) in [5.41, 5.74) is 0.0306. The van der Waals surface area contributed by atoms with E-state index in [9.17, 15) is 19.2 Å². The van der Waals surface area contributed by atoms with Gasteiger partial charge in [-0.2, -0.15) is 0 Å². The molecule has 9 nitrogen and oxygen atoms in total. The van der Waals surface area contributed by atoms with Gasteiger partial charge in [-0.15, -0.1) is 0 Å². The van der Waals surface area contributed by atoms with E-state index in [0.29, 0.717) is 24.1 Å². The molecule has 1 aromatic carbocycles. The molecule has 1 aliphatic heterocycles. The molecule has 1 spiro atoms. The van der Waals surface area contributed by atoms with E-state index in [1.54, 1.807) is 6.92 Å². The summed E-state index contributed by atoms with van der Waals surface area (Å²) in [5.74, 6) is -1.20. The summed E-state index contributed by atoms with van der Waals surface area (Å²) < 4.78 is 5.15. The van der Waals surface area contributed by atoms with E-state index in [1.165, 1.54) is 0 Å². The molecule has 1 aromatic heterocycles. The van der Waals surface area contributed by atoms with Gasteiger partial charge < -0.3 is 15.4 Å². The Labute approximate surface area is 208 Å². The molecule has 2 aromatic rings. The quantitative estimate of drug-likeness (QED) is 0.458. The zero-order valence-corrected chi connectivity index (χ0v) is 21.2. The lowest BCUT2D eigenvalue weighted by molar-refractivity contribution is -0.136. The van der Waals surface area contributed by atoms with E-state index < -0.39 is 30.0 Å². The Morgan fingerprint density at radius 1 is 1.23 bits per heavy atom. The number of hydrogen-bond acceptors (Lipinski definition) is 7. The fraction of sp³-hybridized carbons (Fsp3) is 0.480.